The lowest BCUT2D eigenvalue weighted by molar-refractivity contribution is -0.137. The van der Waals surface area contributed by atoms with Gasteiger partial charge in [0.2, 0.25) is 0 Å². The summed E-state index contributed by atoms with van der Waals surface area (Å²) in [5.74, 6) is 0.952. The number of para-hydroxylation sites is 1. The molecule has 0 aliphatic heterocycles. The van der Waals surface area contributed by atoms with Crippen molar-refractivity contribution in [2.75, 3.05) is 25.0 Å². The summed E-state index contributed by atoms with van der Waals surface area (Å²) in [7, 11) is 0. The van der Waals surface area contributed by atoms with Crippen LogP contribution in [0.3, 0.4) is 0 Å². The quantitative estimate of drug-likeness (QED) is 0.293. The van der Waals surface area contributed by atoms with Crippen molar-refractivity contribution in [3.63, 3.8) is 0 Å². The highest BCUT2D eigenvalue weighted by Crippen LogP contribution is 2.32. The molecule has 0 saturated heterocycles. The molecule has 0 spiro atoms. The smallest absolute Gasteiger partial charge is 0.416 e. The predicted octanol–water partition coefficient (Wildman–Crippen LogP) is 6.71. The van der Waals surface area contributed by atoms with Crippen LogP contribution in [0.1, 0.15) is 31.1 Å². The minimum atomic E-state index is -4.37. The Morgan fingerprint density at radius 1 is 1.03 bits per heavy atom. The fourth-order valence-electron chi connectivity index (χ4n) is 3.93. The molecular formula is C25H26F3N3O. The Hall–Kier alpha value is -3.06. The molecule has 4 rings (SSSR count). The van der Waals surface area contributed by atoms with E-state index in [1.807, 2.05) is 24.3 Å². The lowest BCUT2D eigenvalue weighted by Gasteiger charge is -2.20. The van der Waals surface area contributed by atoms with Gasteiger partial charge in [0, 0.05) is 35.7 Å². The third-order valence-electron chi connectivity index (χ3n) is 5.43. The maximum absolute atomic E-state index is 13.0. The summed E-state index contributed by atoms with van der Waals surface area (Å²) in [4.78, 5) is 6.46. The molecule has 0 unspecified atom stereocenters. The first kappa shape index (κ1) is 22.1. The van der Waals surface area contributed by atoms with E-state index in [4.69, 9.17) is 4.42 Å². The number of hydrogen-bond donors (Lipinski definition) is 1. The minimum Gasteiger partial charge on any atom is -0.460 e. The second-order valence-corrected chi connectivity index (χ2v) is 7.90. The Morgan fingerprint density at radius 3 is 2.66 bits per heavy atom. The minimum absolute atomic E-state index is 0.335. The fraction of sp³-hybridized carbons (Fsp3) is 0.320. The van der Waals surface area contributed by atoms with Crippen LogP contribution in [0.5, 0.6) is 0 Å². The fourth-order valence-corrected chi connectivity index (χ4v) is 3.93. The monoisotopic (exact) mass is 441 g/mol. The van der Waals surface area contributed by atoms with E-state index >= 15 is 0 Å². The molecule has 0 aliphatic carbocycles. The van der Waals surface area contributed by atoms with E-state index in [1.54, 1.807) is 6.07 Å². The van der Waals surface area contributed by atoms with Gasteiger partial charge < -0.3 is 9.73 Å². The van der Waals surface area contributed by atoms with Gasteiger partial charge in [-0.15, -0.1) is 0 Å². The van der Waals surface area contributed by atoms with E-state index in [2.05, 4.69) is 28.2 Å². The van der Waals surface area contributed by atoms with Gasteiger partial charge in [0.1, 0.15) is 11.3 Å². The highest BCUT2D eigenvalue weighted by atomic mass is 19.4. The Labute approximate surface area is 185 Å². The number of anilines is 1. The Morgan fingerprint density at radius 2 is 1.88 bits per heavy atom. The van der Waals surface area contributed by atoms with Crippen molar-refractivity contribution in [3.05, 3.63) is 72.1 Å². The molecule has 32 heavy (non-hydrogen) atoms. The molecule has 0 aliphatic rings. The molecular weight excluding hydrogens is 415 g/mol. The van der Waals surface area contributed by atoms with Crippen molar-refractivity contribution in [1.82, 2.24) is 9.88 Å². The summed E-state index contributed by atoms with van der Waals surface area (Å²) in [5, 5.41) is 5.16. The van der Waals surface area contributed by atoms with Gasteiger partial charge in [0.15, 0.2) is 0 Å². The van der Waals surface area contributed by atoms with Gasteiger partial charge in [-0.3, -0.25) is 9.88 Å². The maximum atomic E-state index is 13.0. The van der Waals surface area contributed by atoms with Crippen LogP contribution >= 0.6 is 0 Å². The Balaban J connectivity index is 1.36. The van der Waals surface area contributed by atoms with E-state index in [9.17, 15) is 13.2 Å². The summed E-state index contributed by atoms with van der Waals surface area (Å²) < 4.78 is 44.9. The highest BCUT2D eigenvalue weighted by molar-refractivity contribution is 5.91. The molecule has 168 valence electrons. The number of nitrogens with zero attached hydrogens (tertiary/aromatic N) is 2. The maximum Gasteiger partial charge on any atom is 0.416 e. The summed E-state index contributed by atoms with van der Waals surface area (Å²) in [6.07, 6.45) is -0.896. The van der Waals surface area contributed by atoms with Gasteiger partial charge >= 0.3 is 6.18 Å². The van der Waals surface area contributed by atoms with E-state index in [0.717, 1.165) is 67.0 Å². The van der Waals surface area contributed by atoms with Crippen molar-refractivity contribution in [2.45, 2.75) is 32.5 Å². The first-order valence-corrected chi connectivity index (χ1v) is 10.8. The zero-order valence-electron chi connectivity index (χ0n) is 18.0. The van der Waals surface area contributed by atoms with Gasteiger partial charge in [-0.1, -0.05) is 31.2 Å². The molecule has 4 nitrogen and oxygen atoms in total. The van der Waals surface area contributed by atoms with Crippen LogP contribution in [0.2, 0.25) is 0 Å². The lowest BCUT2D eigenvalue weighted by atomic mass is 10.1. The van der Waals surface area contributed by atoms with Crippen LogP contribution in [0.15, 0.2) is 65.2 Å². The van der Waals surface area contributed by atoms with Crippen LogP contribution in [-0.4, -0.2) is 29.5 Å². The molecule has 2 heterocycles. The second kappa shape index (κ2) is 9.61. The van der Waals surface area contributed by atoms with Crippen LogP contribution < -0.4 is 5.32 Å². The van der Waals surface area contributed by atoms with Gasteiger partial charge in [-0.2, -0.15) is 13.2 Å². The zero-order valence-corrected chi connectivity index (χ0v) is 18.0. The van der Waals surface area contributed by atoms with Crippen LogP contribution in [0.4, 0.5) is 18.9 Å². The van der Waals surface area contributed by atoms with Crippen molar-refractivity contribution in [3.8, 4) is 0 Å². The number of aromatic nitrogens is 1. The molecule has 0 bridgehead atoms. The number of rotatable bonds is 9. The summed E-state index contributed by atoms with van der Waals surface area (Å²) in [6, 6.07) is 15.6. The summed E-state index contributed by atoms with van der Waals surface area (Å²) >= 11 is 0. The largest absolute Gasteiger partial charge is 0.460 e. The highest BCUT2D eigenvalue weighted by Gasteiger charge is 2.30. The Bertz CT molecular complexity index is 1150. The first-order valence-electron chi connectivity index (χ1n) is 10.8. The third-order valence-corrected chi connectivity index (χ3v) is 5.43. The van der Waals surface area contributed by atoms with Crippen molar-refractivity contribution in [1.29, 1.82) is 0 Å². The van der Waals surface area contributed by atoms with Gasteiger partial charge in [-0.05, 0) is 49.7 Å². The average Bonchev–Trinajstić information content (AvgIpc) is 3.18. The third kappa shape index (κ3) is 5.22. The SMILES string of the molecule is CCCN(CCCNc1ccnc2cc(C(F)(F)F)ccc12)Cc1cc2ccccc2o1. The van der Waals surface area contributed by atoms with Gasteiger partial charge in [-0.25, -0.2) is 0 Å². The average molecular weight is 441 g/mol. The molecule has 0 radical (unpaired) electrons. The number of hydrogen-bond acceptors (Lipinski definition) is 4. The summed E-state index contributed by atoms with van der Waals surface area (Å²) in [5.41, 5.74) is 1.35. The molecule has 2 aromatic heterocycles. The number of fused-ring (bicyclic) bond motifs is 2. The molecule has 1 N–H and O–H groups in total. The standard InChI is InChI=1S/C25H26F3N3O/c1-2-13-31(17-20-15-18-6-3-4-7-24(18)32-20)14-5-11-29-22-10-12-30-23-16-19(25(26,27)28)8-9-21(22)23/h3-4,6-10,12,15-16H,2,5,11,13-14,17H2,1H3,(H,29,30). The van der Waals surface area contributed by atoms with Gasteiger partial charge in [0.25, 0.3) is 0 Å². The number of furan rings is 1. The van der Waals surface area contributed by atoms with Crippen molar-refractivity contribution >= 4 is 27.6 Å². The number of pyridine rings is 1. The van der Waals surface area contributed by atoms with Crippen molar-refractivity contribution in [2.24, 2.45) is 0 Å². The van der Waals surface area contributed by atoms with E-state index in [-0.39, 0.29) is 0 Å². The normalized spacial score (nSPS) is 12.2. The number of halogens is 3. The van der Waals surface area contributed by atoms with Crippen LogP contribution in [-0.2, 0) is 12.7 Å². The molecule has 0 fully saturated rings. The molecule has 0 amide bonds. The molecule has 0 atom stereocenters. The van der Waals surface area contributed by atoms with Crippen LogP contribution in [0, 0.1) is 0 Å². The lowest BCUT2D eigenvalue weighted by Crippen LogP contribution is -2.26. The second-order valence-electron chi connectivity index (χ2n) is 7.90. The van der Waals surface area contributed by atoms with E-state index in [0.29, 0.717) is 17.4 Å². The van der Waals surface area contributed by atoms with Crippen LogP contribution in [0.25, 0.3) is 21.9 Å². The van der Waals surface area contributed by atoms with Gasteiger partial charge in [0.05, 0.1) is 17.6 Å². The number of benzene rings is 2. The Kier molecular flexibility index (Phi) is 6.65. The zero-order chi connectivity index (χ0) is 22.6. The van der Waals surface area contributed by atoms with E-state index in [1.165, 1.54) is 12.3 Å². The van der Waals surface area contributed by atoms with E-state index < -0.39 is 11.7 Å². The molecule has 2 aromatic carbocycles. The number of nitrogens with one attached hydrogen (secondary N) is 1. The molecule has 7 heteroatoms. The molecule has 4 aromatic rings. The predicted molar refractivity (Wildman–Crippen MR) is 122 cm³/mol. The first-order chi connectivity index (χ1) is 15.4. The topological polar surface area (TPSA) is 41.3 Å². The van der Waals surface area contributed by atoms with Crippen molar-refractivity contribution < 1.29 is 17.6 Å². The summed E-state index contributed by atoms with van der Waals surface area (Å²) in [6.45, 7) is 5.47. The molecule has 0 saturated carbocycles. The number of alkyl halides is 3.